The number of fused-ring (bicyclic) bond motifs is 1. The molecule has 6 heteroatoms. The molecule has 6 nitrogen and oxygen atoms in total. The average molecular weight is 507 g/mol. The highest BCUT2D eigenvalue weighted by Gasteiger charge is 2.25. The number of nitriles is 1. The molecule has 2 atom stereocenters. The molecular formula is C31H42N2O4. The van der Waals surface area contributed by atoms with Gasteiger partial charge < -0.3 is 19.5 Å². The van der Waals surface area contributed by atoms with Crippen molar-refractivity contribution in [1.82, 2.24) is 4.90 Å². The second-order valence-corrected chi connectivity index (χ2v) is 10.4. The Hall–Kier alpha value is -2.88. The number of likely N-dealkylation sites (N-methyl/N-ethyl adjacent to an activating group) is 1. The molecule has 0 aromatic heterocycles. The smallest absolute Gasteiger partial charge is 0.306 e. The van der Waals surface area contributed by atoms with Crippen LogP contribution in [-0.2, 0) is 28.8 Å². The number of ether oxygens (including phenoxy) is 2. The maximum Gasteiger partial charge on any atom is 0.306 e. The van der Waals surface area contributed by atoms with E-state index in [1.165, 1.54) is 11.1 Å². The van der Waals surface area contributed by atoms with Crippen LogP contribution in [0.4, 0.5) is 0 Å². The van der Waals surface area contributed by atoms with Crippen LogP contribution in [0.2, 0.25) is 0 Å². The van der Waals surface area contributed by atoms with Gasteiger partial charge in [0.25, 0.3) is 0 Å². The molecule has 2 unspecified atom stereocenters. The van der Waals surface area contributed by atoms with Gasteiger partial charge in [0.1, 0.15) is 30.6 Å². The second kappa shape index (κ2) is 14.2. The van der Waals surface area contributed by atoms with Gasteiger partial charge in [-0.1, -0.05) is 44.2 Å². The minimum Gasteiger partial charge on any atom is -0.489 e. The van der Waals surface area contributed by atoms with Gasteiger partial charge in [-0.15, -0.1) is 0 Å². The number of benzene rings is 2. The van der Waals surface area contributed by atoms with Crippen LogP contribution in [0.1, 0.15) is 68.7 Å². The molecule has 0 fully saturated rings. The van der Waals surface area contributed by atoms with Crippen molar-refractivity contribution in [3.05, 3.63) is 64.7 Å². The topological polar surface area (TPSA) is 82.8 Å². The van der Waals surface area contributed by atoms with Crippen LogP contribution in [-0.4, -0.2) is 54.4 Å². The van der Waals surface area contributed by atoms with Crippen LogP contribution >= 0.6 is 0 Å². The fourth-order valence-electron chi connectivity index (χ4n) is 5.11. The Bertz CT molecular complexity index is 1030. The monoisotopic (exact) mass is 506 g/mol. The second-order valence-electron chi connectivity index (χ2n) is 10.4. The summed E-state index contributed by atoms with van der Waals surface area (Å²) in [4.78, 5) is 14.3. The molecule has 0 saturated heterocycles. The number of aliphatic hydroxyl groups is 1. The van der Waals surface area contributed by atoms with Crippen molar-refractivity contribution in [3.63, 3.8) is 0 Å². The number of carbonyl (C=O) groups excluding carboxylic acids is 1. The Morgan fingerprint density at radius 2 is 1.84 bits per heavy atom. The molecule has 2 aromatic rings. The molecule has 2 aromatic carbocycles. The minimum absolute atomic E-state index is 0.0378. The summed E-state index contributed by atoms with van der Waals surface area (Å²) in [5.74, 6) is 0.859. The van der Waals surface area contributed by atoms with E-state index in [0.29, 0.717) is 36.2 Å². The number of nitrogens with zero attached hydrogens (tertiary/aromatic N) is 2. The van der Waals surface area contributed by atoms with E-state index in [4.69, 9.17) is 9.47 Å². The van der Waals surface area contributed by atoms with Crippen LogP contribution in [0.25, 0.3) is 0 Å². The average Bonchev–Trinajstić information content (AvgIpc) is 3.31. The first kappa shape index (κ1) is 28.7. The molecule has 0 aliphatic heterocycles. The lowest BCUT2D eigenvalue weighted by Crippen LogP contribution is -2.39. The number of carbonyl (C=O) groups is 1. The van der Waals surface area contributed by atoms with Crippen molar-refractivity contribution in [2.24, 2.45) is 5.92 Å². The third-order valence-corrected chi connectivity index (χ3v) is 7.49. The van der Waals surface area contributed by atoms with Gasteiger partial charge in [-0.05, 0) is 87.2 Å². The Morgan fingerprint density at radius 3 is 2.46 bits per heavy atom. The Morgan fingerprint density at radius 1 is 1.16 bits per heavy atom. The van der Waals surface area contributed by atoms with Crippen LogP contribution in [0.15, 0.2) is 42.5 Å². The molecule has 3 rings (SSSR count). The number of rotatable bonds is 14. The first-order valence-corrected chi connectivity index (χ1v) is 13.6. The summed E-state index contributed by atoms with van der Waals surface area (Å²) in [6.45, 7) is 6.81. The Balaban J connectivity index is 1.46. The maximum atomic E-state index is 12.1. The molecule has 1 N–H and O–H groups in total. The number of aryl methyl sites for hydroxylation is 1. The lowest BCUT2D eigenvalue weighted by molar-refractivity contribution is -0.149. The molecule has 0 heterocycles. The third kappa shape index (κ3) is 8.59. The highest BCUT2D eigenvalue weighted by molar-refractivity contribution is 5.70. The first-order valence-electron chi connectivity index (χ1n) is 13.6. The van der Waals surface area contributed by atoms with E-state index in [-0.39, 0.29) is 25.1 Å². The fourth-order valence-corrected chi connectivity index (χ4v) is 5.11. The molecule has 1 aliphatic rings. The van der Waals surface area contributed by atoms with Crippen molar-refractivity contribution in [1.29, 1.82) is 5.26 Å². The summed E-state index contributed by atoms with van der Waals surface area (Å²) in [5.41, 5.74) is 4.25. The lowest BCUT2D eigenvalue weighted by atomic mass is 9.97. The highest BCUT2D eigenvalue weighted by atomic mass is 16.5. The molecule has 0 bridgehead atoms. The fraction of sp³-hybridized carbons (Fsp3) is 0.548. The van der Waals surface area contributed by atoms with Gasteiger partial charge in [0.15, 0.2) is 0 Å². The Labute approximate surface area is 222 Å². The maximum absolute atomic E-state index is 12.1. The normalized spacial score (nSPS) is 14.9. The largest absolute Gasteiger partial charge is 0.489 e. The number of esters is 1. The summed E-state index contributed by atoms with van der Waals surface area (Å²) in [6.07, 6.45) is 5.02. The lowest BCUT2D eigenvalue weighted by Gasteiger charge is -2.29. The molecule has 1 aliphatic carbocycles. The molecule has 0 amide bonds. The first-order chi connectivity index (χ1) is 17.8. The van der Waals surface area contributed by atoms with E-state index in [1.54, 1.807) is 12.1 Å². The van der Waals surface area contributed by atoms with Crippen molar-refractivity contribution in [2.45, 2.75) is 84.0 Å². The van der Waals surface area contributed by atoms with E-state index in [9.17, 15) is 15.2 Å². The molecule has 0 saturated carbocycles. The summed E-state index contributed by atoms with van der Waals surface area (Å²) < 4.78 is 11.4. The predicted molar refractivity (Wildman–Crippen MR) is 145 cm³/mol. The van der Waals surface area contributed by atoms with E-state index in [2.05, 4.69) is 42.2 Å². The number of hydrogen-bond acceptors (Lipinski definition) is 6. The van der Waals surface area contributed by atoms with E-state index in [1.807, 2.05) is 27.0 Å². The summed E-state index contributed by atoms with van der Waals surface area (Å²) in [5, 5.41) is 20.2. The van der Waals surface area contributed by atoms with Crippen LogP contribution in [0.5, 0.6) is 5.75 Å². The van der Waals surface area contributed by atoms with E-state index < -0.39 is 6.10 Å². The van der Waals surface area contributed by atoms with Gasteiger partial charge >= 0.3 is 5.97 Å². The summed E-state index contributed by atoms with van der Waals surface area (Å²) >= 11 is 0. The SMILES string of the molecule is CCC(CC)OC(=O)CCc1ccc(C#N)c(OCC(O)CN(C)C(C)CC2Cc3ccccc3C2)c1. The van der Waals surface area contributed by atoms with Crippen LogP contribution in [0.3, 0.4) is 0 Å². The van der Waals surface area contributed by atoms with Crippen LogP contribution < -0.4 is 4.74 Å². The van der Waals surface area contributed by atoms with Gasteiger partial charge in [-0.2, -0.15) is 5.26 Å². The summed E-state index contributed by atoms with van der Waals surface area (Å²) in [7, 11) is 2.04. The molecule has 0 spiro atoms. The van der Waals surface area contributed by atoms with E-state index in [0.717, 1.165) is 37.7 Å². The van der Waals surface area contributed by atoms with Crippen LogP contribution in [0, 0.1) is 17.2 Å². The zero-order valence-corrected chi connectivity index (χ0v) is 22.8. The Kier molecular flexibility index (Phi) is 11.0. The molecule has 200 valence electrons. The molecule has 0 radical (unpaired) electrons. The van der Waals surface area contributed by atoms with Gasteiger partial charge in [0, 0.05) is 19.0 Å². The minimum atomic E-state index is -0.682. The van der Waals surface area contributed by atoms with Gasteiger partial charge in [0.2, 0.25) is 0 Å². The van der Waals surface area contributed by atoms with Crippen molar-refractivity contribution < 1.29 is 19.4 Å². The van der Waals surface area contributed by atoms with E-state index >= 15 is 0 Å². The summed E-state index contributed by atoms with van der Waals surface area (Å²) in [6, 6.07) is 16.5. The standard InChI is InChI=1S/C31H42N2O4/c1-5-29(6-2)37-31(35)14-12-23-11-13-27(19-32)30(18-23)36-21-28(34)20-33(4)22(3)15-24-16-25-9-7-8-10-26(25)17-24/h7-11,13,18,22,24,28-29,34H,5-6,12,14-17,20-21H2,1-4H3. The number of hydrogen-bond donors (Lipinski definition) is 1. The van der Waals surface area contributed by atoms with Gasteiger partial charge in [-0.3, -0.25) is 4.79 Å². The van der Waals surface area contributed by atoms with Crippen molar-refractivity contribution in [3.8, 4) is 11.8 Å². The zero-order chi connectivity index (χ0) is 26.8. The molecule has 37 heavy (non-hydrogen) atoms. The van der Waals surface area contributed by atoms with Gasteiger partial charge in [0.05, 0.1) is 5.56 Å². The molecular weight excluding hydrogens is 464 g/mol. The predicted octanol–water partition coefficient (Wildman–Crippen LogP) is 5.09. The number of aliphatic hydroxyl groups excluding tert-OH is 1. The van der Waals surface area contributed by atoms with Crippen molar-refractivity contribution in [2.75, 3.05) is 20.2 Å². The van der Waals surface area contributed by atoms with Gasteiger partial charge in [-0.25, -0.2) is 0 Å². The quantitative estimate of drug-likeness (QED) is 0.360. The van der Waals surface area contributed by atoms with Crippen molar-refractivity contribution >= 4 is 5.97 Å². The third-order valence-electron chi connectivity index (χ3n) is 7.49. The highest BCUT2D eigenvalue weighted by Crippen LogP contribution is 2.30. The zero-order valence-electron chi connectivity index (χ0n) is 22.8.